The van der Waals surface area contributed by atoms with E-state index in [1.54, 1.807) is 0 Å². The molecule has 7 heteroatoms. The van der Waals surface area contributed by atoms with Crippen LogP contribution < -0.4 is 5.32 Å². The molecule has 16 heavy (non-hydrogen) atoms. The van der Waals surface area contributed by atoms with Crippen LogP contribution >= 0.6 is 23.4 Å². The molecule has 0 heterocycles. The second kappa shape index (κ2) is 5.63. The molecule has 0 saturated heterocycles. The summed E-state index contributed by atoms with van der Waals surface area (Å²) in [6, 6.07) is 3.90. The average molecular weight is 274 g/mol. The van der Waals surface area contributed by atoms with Gasteiger partial charge in [0, 0.05) is 18.0 Å². The summed E-state index contributed by atoms with van der Waals surface area (Å²) in [5.41, 5.74) is -3.73. The van der Waals surface area contributed by atoms with Crippen molar-refractivity contribution >= 4 is 29.1 Å². The molecule has 0 unspecified atom stereocenters. The summed E-state index contributed by atoms with van der Waals surface area (Å²) in [6.07, 6.45) is 0. The number of nitrogens with one attached hydrogen (secondary N) is 1. The molecule has 0 aliphatic carbocycles. The first-order chi connectivity index (χ1) is 7.38. The first-order valence-corrected chi connectivity index (χ1v) is 5.64. The van der Waals surface area contributed by atoms with E-state index in [0.717, 1.165) is 6.07 Å². The number of hydrogen-bond acceptors (Lipinski definition) is 2. The lowest BCUT2D eigenvalue weighted by Crippen LogP contribution is -2.09. The van der Waals surface area contributed by atoms with Crippen LogP contribution in [0, 0.1) is 5.82 Å². The summed E-state index contributed by atoms with van der Waals surface area (Å²) < 4.78 is 48.0. The zero-order chi connectivity index (χ0) is 12.2. The average Bonchev–Trinajstić information content (AvgIpc) is 2.17. The fraction of sp³-hybridized carbons (Fsp3) is 0.333. The van der Waals surface area contributed by atoms with Crippen LogP contribution in [0.25, 0.3) is 0 Å². The van der Waals surface area contributed by atoms with E-state index in [-0.39, 0.29) is 29.1 Å². The third kappa shape index (κ3) is 4.94. The molecule has 0 bridgehead atoms. The normalized spacial score (nSPS) is 11.6. The number of rotatable bonds is 4. The third-order valence-corrected chi connectivity index (χ3v) is 2.64. The van der Waals surface area contributed by atoms with Crippen LogP contribution in [0.4, 0.5) is 23.2 Å². The van der Waals surface area contributed by atoms with Crippen molar-refractivity contribution in [1.82, 2.24) is 0 Å². The van der Waals surface area contributed by atoms with Gasteiger partial charge in [-0.05, 0) is 30.0 Å². The number of halogens is 5. The Morgan fingerprint density at radius 3 is 2.56 bits per heavy atom. The van der Waals surface area contributed by atoms with Gasteiger partial charge in [0.2, 0.25) is 0 Å². The number of alkyl halides is 3. The molecule has 0 amide bonds. The molecule has 1 N–H and O–H groups in total. The molecule has 1 aromatic carbocycles. The van der Waals surface area contributed by atoms with E-state index in [1.807, 2.05) is 0 Å². The Morgan fingerprint density at radius 1 is 1.31 bits per heavy atom. The Bertz CT molecular complexity index is 356. The Balaban J connectivity index is 2.35. The van der Waals surface area contributed by atoms with E-state index in [4.69, 9.17) is 11.6 Å². The molecular formula is C9H8ClF4NS. The highest BCUT2D eigenvalue weighted by atomic mass is 35.5. The summed E-state index contributed by atoms with van der Waals surface area (Å²) in [7, 11) is 0. The Hall–Kier alpha value is -0.620. The monoisotopic (exact) mass is 273 g/mol. The van der Waals surface area contributed by atoms with Crippen LogP contribution in [-0.4, -0.2) is 17.8 Å². The van der Waals surface area contributed by atoms with Crippen LogP contribution in [0.3, 0.4) is 0 Å². The first kappa shape index (κ1) is 13.4. The van der Waals surface area contributed by atoms with Crippen LogP contribution in [0.5, 0.6) is 0 Å². The summed E-state index contributed by atoms with van der Waals surface area (Å²) >= 11 is 5.39. The van der Waals surface area contributed by atoms with Gasteiger partial charge in [0.05, 0.1) is 5.02 Å². The van der Waals surface area contributed by atoms with Gasteiger partial charge >= 0.3 is 5.51 Å². The maximum Gasteiger partial charge on any atom is 0.441 e. The minimum atomic E-state index is -4.22. The molecule has 0 atom stereocenters. The fourth-order valence-electron chi connectivity index (χ4n) is 0.968. The summed E-state index contributed by atoms with van der Waals surface area (Å²) in [5.74, 6) is -0.671. The SMILES string of the molecule is Fc1ccc(NCCSC(F)(F)F)cc1Cl. The van der Waals surface area contributed by atoms with Crippen LogP contribution in [0.2, 0.25) is 5.02 Å². The van der Waals surface area contributed by atoms with Crippen molar-refractivity contribution in [2.45, 2.75) is 5.51 Å². The van der Waals surface area contributed by atoms with E-state index in [2.05, 4.69) is 5.32 Å². The minimum Gasteiger partial charge on any atom is -0.384 e. The Morgan fingerprint density at radius 2 is 2.00 bits per heavy atom. The van der Waals surface area contributed by atoms with Crippen molar-refractivity contribution < 1.29 is 17.6 Å². The molecule has 0 radical (unpaired) electrons. The highest BCUT2D eigenvalue weighted by Gasteiger charge is 2.27. The largest absolute Gasteiger partial charge is 0.441 e. The van der Waals surface area contributed by atoms with Crippen molar-refractivity contribution in [2.24, 2.45) is 0 Å². The van der Waals surface area contributed by atoms with Gasteiger partial charge in [0.25, 0.3) is 0 Å². The molecule has 0 spiro atoms. The second-order valence-corrected chi connectivity index (χ2v) is 4.42. The van der Waals surface area contributed by atoms with Crippen LogP contribution in [0.1, 0.15) is 0 Å². The zero-order valence-electron chi connectivity index (χ0n) is 7.94. The zero-order valence-corrected chi connectivity index (χ0v) is 9.52. The van der Waals surface area contributed by atoms with Crippen molar-refractivity contribution in [3.8, 4) is 0 Å². The van der Waals surface area contributed by atoms with E-state index in [0.29, 0.717) is 5.69 Å². The predicted octanol–water partition coefficient (Wildman–Crippen LogP) is 4.14. The summed E-state index contributed by atoms with van der Waals surface area (Å²) in [5, 5.41) is 2.65. The van der Waals surface area contributed by atoms with Crippen molar-refractivity contribution in [1.29, 1.82) is 0 Å². The van der Waals surface area contributed by atoms with Gasteiger partial charge in [-0.2, -0.15) is 13.2 Å². The molecule has 0 aliphatic heterocycles. The Labute approximate surface area is 99.2 Å². The lowest BCUT2D eigenvalue weighted by atomic mass is 10.3. The number of thioether (sulfide) groups is 1. The highest BCUT2D eigenvalue weighted by Crippen LogP contribution is 2.29. The number of anilines is 1. The molecule has 90 valence electrons. The topological polar surface area (TPSA) is 12.0 Å². The van der Waals surface area contributed by atoms with Gasteiger partial charge in [0.1, 0.15) is 5.82 Å². The minimum absolute atomic E-state index is 0.0616. The fourth-order valence-corrected chi connectivity index (χ4v) is 1.58. The number of benzene rings is 1. The van der Waals surface area contributed by atoms with E-state index >= 15 is 0 Å². The van der Waals surface area contributed by atoms with Crippen LogP contribution in [-0.2, 0) is 0 Å². The van der Waals surface area contributed by atoms with Gasteiger partial charge in [-0.15, -0.1) is 0 Å². The smallest absolute Gasteiger partial charge is 0.384 e. The van der Waals surface area contributed by atoms with Gasteiger partial charge < -0.3 is 5.32 Å². The molecule has 1 nitrogen and oxygen atoms in total. The standard InChI is InChI=1S/C9H8ClF4NS/c10-7-5-6(1-2-8(7)11)15-3-4-16-9(12,13)14/h1-2,5,15H,3-4H2. The maximum atomic E-state index is 12.7. The summed E-state index contributed by atoms with van der Waals surface area (Å²) in [4.78, 5) is 0. The third-order valence-electron chi connectivity index (χ3n) is 1.62. The van der Waals surface area contributed by atoms with E-state index in [1.165, 1.54) is 12.1 Å². The van der Waals surface area contributed by atoms with Crippen molar-refractivity contribution in [3.63, 3.8) is 0 Å². The van der Waals surface area contributed by atoms with E-state index in [9.17, 15) is 17.6 Å². The predicted molar refractivity (Wildman–Crippen MR) is 58.4 cm³/mol. The van der Waals surface area contributed by atoms with Gasteiger partial charge in [0.15, 0.2) is 0 Å². The maximum absolute atomic E-state index is 12.7. The molecule has 0 aliphatic rings. The lowest BCUT2D eigenvalue weighted by molar-refractivity contribution is -0.0327. The summed E-state index contributed by atoms with van der Waals surface area (Å²) in [6.45, 7) is 0.131. The van der Waals surface area contributed by atoms with Crippen LogP contribution in [0.15, 0.2) is 18.2 Å². The molecule has 1 aromatic rings. The van der Waals surface area contributed by atoms with Gasteiger partial charge in [-0.1, -0.05) is 11.6 Å². The number of hydrogen-bond donors (Lipinski definition) is 1. The quantitative estimate of drug-likeness (QED) is 0.653. The van der Waals surface area contributed by atoms with Gasteiger partial charge in [-0.25, -0.2) is 4.39 Å². The van der Waals surface area contributed by atoms with Gasteiger partial charge in [-0.3, -0.25) is 0 Å². The van der Waals surface area contributed by atoms with Crippen molar-refractivity contribution in [2.75, 3.05) is 17.6 Å². The molecule has 1 rings (SSSR count). The van der Waals surface area contributed by atoms with Crippen molar-refractivity contribution in [3.05, 3.63) is 29.0 Å². The second-order valence-electron chi connectivity index (χ2n) is 2.85. The highest BCUT2D eigenvalue weighted by molar-refractivity contribution is 8.00. The molecule has 0 fully saturated rings. The molecule has 0 saturated carbocycles. The lowest BCUT2D eigenvalue weighted by Gasteiger charge is -2.08. The Kier molecular flexibility index (Phi) is 4.73. The molecule has 0 aromatic heterocycles. The first-order valence-electron chi connectivity index (χ1n) is 4.28. The van der Waals surface area contributed by atoms with E-state index < -0.39 is 11.3 Å². The molecular weight excluding hydrogens is 266 g/mol.